The van der Waals surface area contributed by atoms with E-state index in [0.29, 0.717) is 6.04 Å². The highest BCUT2D eigenvalue weighted by molar-refractivity contribution is 5.97. The Morgan fingerprint density at radius 1 is 1.10 bits per heavy atom. The second-order valence-electron chi connectivity index (χ2n) is 5.51. The molecule has 0 aliphatic heterocycles. The van der Waals surface area contributed by atoms with Gasteiger partial charge < -0.3 is 4.90 Å². The predicted molar refractivity (Wildman–Crippen MR) is 83.9 cm³/mol. The van der Waals surface area contributed by atoms with Crippen LogP contribution in [0.2, 0.25) is 0 Å². The minimum absolute atomic E-state index is 0.663. The zero-order valence-corrected chi connectivity index (χ0v) is 12.0. The van der Waals surface area contributed by atoms with Gasteiger partial charge in [-0.3, -0.25) is 0 Å². The number of nitriles is 1. The Hall–Kier alpha value is -2.01. The predicted octanol–water partition coefficient (Wildman–Crippen LogP) is 4.48. The molecule has 2 heteroatoms. The van der Waals surface area contributed by atoms with Gasteiger partial charge in [0.05, 0.1) is 11.6 Å². The molecule has 0 aromatic heterocycles. The third kappa shape index (κ3) is 2.14. The summed E-state index contributed by atoms with van der Waals surface area (Å²) in [6.07, 6.45) is 5.27. The highest BCUT2D eigenvalue weighted by atomic mass is 15.2. The van der Waals surface area contributed by atoms with Crippen LogP contribution in [0.5, 0.6) is 0 Å². The number of fused-ring (bicyclic) bond motifs is 1. The van der Waals surface area contributed by atoms with Crippen molar-refractivity contribution < 1.29 is 0 Å². The summed E-state index contributed by atoms with van der Waals surface area (Å²) in [5, 5.41) is 11.6. The van der Waals surface area contributed by atoms with Crippen molar-refractivity contribution in [2.75, 3.05) is 11.4 Å². The molecule has 1 aliphatic carbocycles. The molecule has 3 rings (SSSR count). The molecule has 2 aromatic carbocycles. The molecule has 1 saturated carbocycles. The monoisotopic (exact) mass is 264 g/mol. The lowest BCUT2D eigenvalue weighted by Gasteiger charge is -2.31. The van der Waals surface area contributed by atoms with Crippen molar-refractivity contribution in [2.24, 2.45) is 0 Å². The number of nitrogens with zero attached hydrogens (tertiary/aromatic N) is 2. The maximum atomic E-state index is 9.27. The van der Waals surface area contributed by atoms with Gasteiger partial charge >= 0.3 is 0 Å². The summed E-state index contributed by atoms with van der Waals surface area (Å²) in [7, 11) is 0. The molecule has 2 nitrogen and oxygen atoms in total. The average Bonchev–Trinajstić information content (AvgIpc) is 3.02. The highest BCUT2D eigenvalue weighted by Gasteiger charge is 2.23. The normalized spacial score (nSPS) is 15.4. The topological polar surface area (TPSA) is 27.0 Å². The summed E-state index contributed by atoms with van der Waals surface area (Å²) >= 11 is 0. The Labute approximate surface area is 120 Å². The van der Waals surface area contributed by atoms with Crippen molar-refractivity contribution in [3.8, 4) is 6.07 Å². The van der Waals surface area contributed by atoms with E-state index in [2.05, 4.69) is 42.2 Å². The molecule has 0 saturated heterocycles. The van der Waals surface area contributed by atoms with E-state index in [4.69, 9.17) is 0 Å². The maximum absolute atomic E-state index is 9.27. The minimum Gasteiger partial charge on any atom is -0.368 e. The van der Waals surface area contributed by atoms with E-state index >= 15 is 0 Å². The number of rotatable bonds is 3. The van der Waals surface area contributed by atoms with Crippen LogP contribution in [0.1, 0.15) is 38.2 Å². The first-order valence-electron chi connectivity index (χ1n) is 7.53. The number of benzene rings is 2. The van der Waals surface area contributed by atoms with E-state index in [-0.39, 0.29) is 0 Å². The van der Waals surface area contributed by atoms with Crippen LogP contribution in [-0.2, 0) is 0 Å². The van der Waals surface area contributed by atoms with Crippen LogP contribution in [0.4, 0.5) is 5.69 Å². The average molecular weight is 264 g/mol. The molecular weight excluding hydrogens is 244 g/mol. The molecule has 0 spiro atoms. The Kier molecular flexibility index (Phi) is 3.60. The van der Waals surface area contributed by atoms with Crippen LogP contribution in [-0.4, -0.2) is 12.6 Å². The van der Waals surface area contributed by atoms with Gasteiger partial charge in [-0.05, 0) is 31.9 Å². The van der Waals surface area contributed by atoms with Gasteiger partial charge in [-0.1, -0.05) is 37.1 Å². The fraction of sp³-hybridized carbons (Fsp3) is 0.389. The fourth-order valence-corrected chi connectivity index (χ4v) is 3.47. The van der Waals surface area contributed by atoms with Crippen LogP contribution in [0, 0.1) is 11.3 Å². The van der Waals surface area contributed by atoms with Crippen LogP contribution in [0.15, 0.2) is 36.4 Å². The molecule has 2 aromatic rings. The van der Waals surface area contributed by atoms with E-state index in [1.54, 1.807) is 0 Å². The van der Waals surface area contributed by atoms with Gasteiger partial charge in [0, 0.05) is 29.0 Å². The van der Waals surface area contributed by atoms with Gasteiger partial charge in [0.2, 0.25) is 0 Å². The van der Waals surface area contributed by atoms with Crippen molar-refractivity contribution in [3.05, 3.63) is 42.0 Å². The Morgan fingerprint density at radius 3 is 2.45 bits per heavy atom. The van der Waals surface area contributed by atoms with Crippen molar-refractivity contribution in [1.29, 1.82) is 5.26 Å². The molecule has 102 valence electrons. The molecule has 0 amide bonds. The van der Waals surface area contributed by atoms with Gasteiger partial charge in [-0.15, -0.1) is 0 Å². The minimum atomic E-state index is 0.663. The number of anilines is 1. The summed E-state index contributed by atoms with van der Waals surface area (Å²) in [5.74, 6) is 0. The first-order chi connectivity index (χ1) is 9.85. The Bertz CT molecular complexity index is 648. The van der Waals surface area contributed by atoms with Crippen molar-refractivity contribution in [3.63, 3.8) is 0 Å². The standard InChI is InChI=1S/C18H20N2/c1-2-20(15-7-3-4-8-15)18-12-11-14(13-19)16-9-5-6-10-17(16)18/h5-6,9-12,15H,2-4,7-8H2,1H3. The molecule has 20 heavy (non-hydrogen) atoms. The summed E-state index contributed by atoms with van der Waals surface area (Å²) in [4.78, 5) is 2.52. The maximum Gasteiger partial charge on any atom is 0.0998 e. The van der Waals surface area contributed by atoms with E-state index in [9.17, 15) is 5.26 Å². The largest absolute Gasteiger partial charge is 0.368 e. The zero-order valence-electron chi connectivity index (χ0n) is 12.0. The SMILES string of the molecule is CCN(c1ccc(C#N)c2ccccc12)C1CCCC1. The molecule has 0 N–H and O–H groups in total. The smallest absolute Gasteiger partial charge is 0.0998 e. The quantitative estimate of drug-likeness (QED) is 0.817. The van der Waals surface area contributed by atoms with Gasteiger partial charge in [0.25, 0.3) is 0 Å². The molecule has 0 heterocycles. The molecule has 1 aliphatic rings. The summed E-state index contributed by atoms with van der Waals surface area (Å²) in [6, 6.07) is 15.3. The Balaban J connectivity index is 2.13. The second-order valence-corrected chi connectivity index (χ2v) is 5.51. The van der Waals surface area contributed by atoms with E-state index in [0.717, 1.165) is 17.5 Å². The fourth-order valence-electron chi connectivity index (χ4n) is 3.47. The second kappa shape index (κ2) is 5.54. The van der Waals surface area contributed by atoms with E-state index in [1.165, 1.54) is 36.8 Å². The first-order valence-corrected chi connectivity index (χ1v) is 7.53. The van der Waals surface area contributed by atoms with Crippen molar-refractivity contribution in [1.82, 2.24) is 0 Å². The van der Waals surface area contributed by atoms with E-state index < -0.39 is 0 Å². The first kappa shape index (κ1) is 13.0. The lowest BCUT2D eigenvalue weighted by molar-refractivity contribution is 0.621. The summed E-state index contributed by atoms with van der Waals surface area (Å²) < 4.78 is 0. The van der Waals surface area contributed by atoms with Crippen LogP contribution >= 0.6 is 0 Å². The van der Waals surface area contributed by atoms with Gasteiger partial charge in [0.1, 0.15) is 0 Å². The lowest BCUT2D eigenvalue weighted by atomic mass is 10.0. The molecule has 0 unspecified atom stereocenters. The molecule has 1 fully saturated rings. The van der Waals surface area contributed by atoms with Crippen molar-refractivity contribution >= 4 is 16.5 Å². The molecule has 0 radical (unpaired) electrons. The third-order valence-electron chi connectivity index (χ3n) is 4.44. The number of hydrogen-bond donors (Lipinski definition) is 0. The Morgan fingerprint density at radius 2 is 1.80 bits per heavy atom. The highest BCUT2D eigenvalue weighted by Crippen LogP contribution is 2.34. The van der Waals surface area contributed by atoms with Crippen LogP contribution in [0.3, 0.4) is 0 Å². The zero-order chi connectivity index (χ0) is 13.9. The van der Waals surface area contributed by atoms with E-state index in [1.807, 2.05) is 12.1 Å². The molecular formula is C18H20N2. The summed E-state index contributed by atoms with van der Waals surface area (Å²) in [5.41, 5.74) is 2.06. The van der Waals surface area contributed by atoms with Gasteiger partial charge in [0.15, 0.2) is 0 Å². The molecule has 0 bridgehead atoms. The van der Waals surface area contributed by atoms with Crippen LogP contribution < -0.4 is 4.90 Å². The number of hydrogen-bond acceptors (Lipinski definition) is 2. The van der Waals surface area contributed by atoms with Crippen molar-refractivity contribution in [2.45, 2.75) is 38.6 Å². The molecule has 0 atom stereocenters. The van der Waals surface area contributed by atoms with Gasteiger partial charge in [-0.25, -0.2) is 0 Å². The van der Waals surface area contributed by atoms with Crippen LogP contribution in [0.25, 0.3) is 10.8 Å². The summed E-state index contributed by atoms with van der Waals surface area (Å²) in [6.45, 7) is 3.26. The van der Waals surface area contributed by atoms with Gasteiger partial charge in [-0.2, -0.15) is 5.26 Å². The third-order valence-corrected chi connectivity index (χ3v) is 4.44. The lowest BCUT2D eigenvalue weighted by Crippen LogP contribution is -2.33.